The first kappa shape index (κ1) is 17.2. The highest BCUT2D eigenvalue weighted by molar-refractivity contribution is 7.11. The lowest BCUT2D eigenvalue weighted by molar-refractivity contribution is -0.149. The summed E-state index contributed by atoms with van der Waals surface area (Å²) >= 11 is 1.63. The standard InChI is InChI=1S/C23H26N2OS/c1-16-4-6-19(7-5-16)22-10-17-9-18(11-22)13-23(12-17,15-22)21(26)25-24-14-20-3-2-8-27-20/h2-8,14,17-18H,9-13,15H2,1H3,(H,25,26)/b24-14-/t17-,18-,22?,23?/m1/s1. The fourth-order valence-corrected chi connectivity index (χ4v) is 7.00. The molecule has 0 spiro atoms. The van der Waals surface area contributed by atoms with Crippen molar-refractivity contribution in [2.75, 3.05) is 0 Å². The highest BCUT2D eigenvalue weighted by Crippen LogP contribution is 2.65. The Balaban J connectivity index is 1.41. The van der Waals surface area contributed by atoms with E-state index in [1.54, 1.807) is 17.6 Å². The Morgan fingerprint density at radius 1 is 1.15 bits per heavy atom. The molecule has 0 saturated heterocycles. The Labute approximate surface area is 164 Å². The number of carbonyl (C=O) groups is 1. The van der Waals surface area contributed by atoms with E-state index in [1.165, 1.54) is 30.4 Å². The van der Waals surface area contributed by atoms with Gasteiger partial charge < -0.3 is 0 Å². The molecular weight excluding hydrogens is 352 g/mol. The van der Waals surface area contributed by atoms with Crippen LogP contribution < -0.4 is 5.43 Å². The molecule has 6 rings (SSSR count). The average Bonchev–Trinajstić information content (AvgIpc) is 3.14. The number of thiophene rings is 1. The molecular formula is C23H26N2OS. The predicted octanol–water partition coefficient (Wildman–Crippen LogP) is 5.04. The first-order chi connectivity index (χ1) is 13.1. The number of amides is 1. The number of nitrogens with one attached hydrogen (secondary N) is 1. The van der Waals surface area contributed by atoms with Crippen LogP contribution in [0.1, 0.15) is 54.5 Å². The molecule has 1 amide bonds. The topological polar surface area (TPSA) is 41.5 Å². The van der Waals surface area contributed by atoms with Gasteiger partial charge in [-0.15, -0.1) is 11.3 Å². The minimum atomic E-state index is -0.234. The normalized spacial score (nSPS) is 34.3. The number of hydrazone groups is 1. The summed E-state index contributed by atoms with van der Waals surface area (Å²) in [6, 6.07) is 13.1. The molecule has 27 heavy (non-hydrogen) atoms. The van der Waals surface area contributed by atoms with Crippen LogP contribution in [0.25, 0.3) is 0 Å². The summed E-state index contributed by atoms with van der Waals surface area (Å²) in [6.07, 6.45) is 8.63. The summed E-state index contributed by atoms with van der Waals surface area (Å²) < 4.78 is 0. The zero-order chi connectivity index (χ0) is 18.5. The average molecular weight is 379 g/mol. The lowest BCUT2D eigenvalue weighted by Gasteiger charge is -2.61. The predicted molar refractivity (Wildman–Crippen MR) is 110 cm³/mol. The summed E-state index contributed by atoms with van der Waals surface area (Å²) in [4.78, 5) is 14.3. The van der Waals surface area contributed by atoms with Crippen LogP contribution in [0.4, 0.5) is 0 Å². The van der Waals surface area contributed by atoms with Gasteiger partial charge in [0.05, 0.1) is 11.6 Å². The van der Waals surface area contributed by atoms with Crippen LogP contribution >= 0.6 is 11.3 Å². The van der Waals surface area contributed by atoms with Gasteiger partial charge in [0, 0.05) is 4.88 Å². The number of carbonyl (C=O) groups excluding carboxylic acids is 1. The fourth-order valence-electron chi connectivity index (χ4n) is 6.41. The van der Waals surface area contributed by atoms with Gasteiger partial charge in [-0.3, -0.25) is 4.79 Å². The van der Waals surface area contributed by atoms with Crippen molar-refractivity contribution in [3.63, 3.8) is 0 Å². The van der Waals surface area contributed by atoms with E-state index in [-0.39, 0.29) is 16.7 Å². The number of nitrogens with zero attached hydrogens (tertiary/aromatic N) is 1. The van der Waals surface area contributed by atoms with Crippen molar-refractivity contribution in [3.05, 3.63) is 57.8 Å². The molecule has 0 radical (unpaired) electrons. The number of hydrogen-bond acceptors (Lipinski definition) is 3. The molecule has 4 heteroatoms. The Hall–Kier alpha value is -1.94. The smallest absolute Gasteiger partial charge is 0.246 e. The molecule has 0 aliphatic heterocycles. The van der Waals surface area contributed by atoms with Crippen LogP contribution in [-0.4, -0.2) is 12.1 Å². The lowest BCUT2D eigenvalue weighted by Crippen LogP contribution is -2.58. The molecule has 1 N–H and O–H groups in total. The largest absolute Gasteiger partial charge is 0.273 e. The Kier molecular flexibility index (Phi) is 4.01. The van der Waals surface area contributed by atoms with Crippen molar-refractivity contribution in [3.8, 4) is 0 Å². The number of hydrogen-bond donors (Lipinski definition) is 1. The fraction of sp³-hybridized carbons (Fsp3) is 0.478. The van der Waals surface area contributed by atoms with E-state index in [9.17, 15) is 4.79 Å². The van der Waals surface area contributed by atoms with Gasteiger partial charge in [0.1, 0.15) is 0 Å². The number of benzene rings is 1. The molecule has 4 saturated carbocycles. The zero-order valence-electron chi connectivity index (χ0n) is 15.8. The van der Waals surface area contributed by atoms with Crippen LogP contribution in [0.5, 0.6) is 0 Å². The van der Waals surface area contributed by atoms with E-state index in [1.807, 2.05) is 17.5 Å². The van der Waals surface area contributed by atoms with Crippen LogP contribution in [0, 0.1) is 24.2 Å². The molecule has 140 valence electrons. The second-order valence-corrected chi connectivity index (χ2v) is 10.1. The van der Waals surface area contributed by atoms with E-state index >= 15 is 0 Å². The molecule has 1 heterocycles. The third kappa shape index (κ3) is 2.94. The van der Waals surface area contributed by atoms with Gasteiger partial charge in [-0.2, -0.15) is 5.10 Å². The summed E-state index contributed by atoms with van der Waals surface area (Å²) in [5, 5.41) is 6.29. The van der Waals surface area contributed by atoms with Crippen LogP contribution in [-0.2, 0) is 10.2 Å². The third-order valence-corrected chi connectivity index (χ3v) is 7.91. The van der Waals surface area contributed by atoms with Crippen molar-refractivity contribution in [1.29, 1.82) is 0 Å². The molecule has 2 atom stereocenters. The number of aryl methyl sites for hydroxylation is 1. The van der Waals surface area contributed by atoms with Crippen LogP contribution in [0.3, 0.4) is 0 Å². The van der Waals surface area contributed by atoms with E-state index in [4.69, 9.17) is 0 Å². The van der Waals surface area contributed by atoms with Gasteiger partial charge in [-0.1, -0.05) is 35.9 Å². The maximum atomic E-state index is 13.2. The van der Waals surface area contributed by atoms with Gasteiger partial charge in [0.15, 0.2) is 0 Å². The quantitative estimate of drug-likeness (QED) is 0.587. The van der Waals surface area contributed by atoms with Gasteiger partial charge in [0.2, 0.25) is 5.91 Å². The monoisotopic (exact) mass is 378 g/mol. The third-order valence-electron chi connectivity index (χ3n) is 7.11. The molecule has 4 aliphatic rings. The SMILES string of the molecule is Cc1ccc(C23C[C@H]4C[C@@H](CC(C(=O)N/N=C\c5cccs5)(C4)C2)C3)cc1. The molecule has 0 unspecified atom stereocenters. The highest BCUT2D eigenvalue weighted by Gasteiger charge is 2.60. The Bertz CT molecular complexity index is 854. The minimum Gasteiger partial charge on any atom is -0.273 e. The molecule has 4 bridgehead atoms. The summed E-state index contributed by atoms with van der Waals surface area (Å²) in [5.41, 5.74) is 5.60. The molecule has 4 aliphatic carbocycles. The van der Waals surface area contributed by atoms with Crippen molar-refractivity contribution in [2.24, 2.45) is 22.4 Å². The van der Waals surface area contributed by atoms with E-state index in [0.29, 0.717) is 11.8 Å². The zero-order valence-corrected chi connectivity index (χ0v) is 16.6. The molecule has 2 aromatic rings. The maximum Gasteiger partial charge on any atom is 0.246 e. The number of rotatable bonds is 4. The molecule has 3 nitrogen and oxygen atoms in total. The summed E-state index contributed by atoms with van der Waals surface area (Å²) in [5.74, 6) is 1.50. The molecule has 1 aromatic carbocycles. The molecule has 4 fully saturated rings. The van der Waals surface area contributed by atoms with Crippen molar-refractivity contribution in [1.82, 2.24) is 5.43 Å². The first-order valence-corrected chi connectivity index (χ1v) is 10.9. The van der Waals surface area contributed by atoms with Gasteiger partial charge in [-0.05, 0) is 79.7 Å². The van der Waals surface area contributed by atoms with Crippen molar-refractivity contribution >= 4 is 23.5 Å². The summed E-state index contributed by atoms with van der Waals surface area (Å²) in [6.45, 7) is 2.14. The van der Waals surface area contributed by atoms with E-state index in [0.717, 1.165) is 24.1 Å². The second kappa shape index (κ2) is 6.30. The maximum absolute atomic E-state index is 13.2. The van der Waals surface area contributed by atoms with E-state index in [2.05, 4.69) is 41.7 Å². The minimum absolute atomic E-state index is 0.140. The second-order valence-electron chi connectivity index (χ2n) is 9.10. The first-order valence-electron chi connectivity index (χ1n) is 10.0. The van der Waals surface area contributed by atoms with Crippen LogP contribution in [0.2, 0.25) is 0 Å². The van der Waals surface area contributed by atoms with Crippen LogP contribution in [0.15, 0.2) is 46.9 Å². The van der Waals surface area contributed by atoms with E-state index < -0.39 is 0 Å². The van der Waals surface area contributed by atoms with Gasteiger partial charge >= 0.3 is 0 Å². The van der Waals surface area contributed by atoms with Crippen molar-refractivity contribution < 1.29 is 4.79 Å². The van der Waals surface area contributed by atoms with Crippen molar-refractivity contribution in [2.45, 2.75) is 50.9 Å². The highest BCUT2D eigenvalue weighted by atomic mass is 32.1. The lowest BCUT2D eigenvalue weighted by atomic mass is 9.42. The molecule has 1 aromatic heterocycles. The van der Waals surface area contributed by atoms with Gasteiger partial charge in [-0.25, -0.2) is 5.43 Å². The Morgan fingerprint density at radius 2 is 1.89 bits per heavy atom. The van der Waals surface area contributed by atoms with Gasteiger partial charge in [0.25, 0.3) is 0 Å². The summed E-state index contributed by atoms with van der Waals surface area (Å²) in [7, 11) is 0. The Morgan fingerprint density at radius 3 is 2.56 bits per heavy atom.